The van der Waals surface area contributed by atoms with Gasteiger partial charge in [-0.3, -0.25) is 4.79 Å². The number of carbonyl (C=O) groups is 1. The maximum absolute atomic E-state index is 14.2. The molecular formula is C26H24Cl2FN5O2. The van der Waals surface area contributed by atoms with E-state index < -0.39 is 17.3 Å². The van der Waals surface area contributed by atoms with Gasteiger partial charge >= 0.3 is 0 Å². The van der Waals surface area contributed by atoms with E-state index in [0.29, 0.717) is 36.7 Å². The normalized spacial score (nSPS) is 15.2. The van der Waals surface area contributed by atoms with Crippen LogP contribution in [0, 0.1) is 5.82 Å². The number of rotatable bonds is 5. The van der Waals surface area contributed by atoms with Crippen LogP contribution in [0.25, 0.3) is 16.6 Å². The molecule has 1 saturated heterocycles. The van der Waals surface area contributed by atoms with Gasteiger partial charge in [-0.15, -0.1) is 0 Å². The molecule has 1 fully saturated rings. The van der Waals surface area contributed by atoms with Crippen LogP contribution in [0.5, 0.6) is 5.75 Å². The number of methoxy groups -OCH3 is 1. The van der Waals surface area contributed by atoms with Crippen molar-refractivity contribution in [3.8, 4) is 16.9 Å². The lowest BCUT2D eigenvalue weighted by atomic mass is 9.89. The first-order valence-corrected chi connectivity index (χ1v) is 12.2. The Morgan fingerprint density at radius 3 is 2.58 bits per heavy atom. The van der Waals surface area contributed by atoms with Crippen molar-refractivity contribution < 1.29 is 13.9 Å². The van der Waals surface area contributed by atoms with E-state index in [1.54, 1.807) is 24.0 Å². The quantitative estimate of drug-likeness (QED) is 0.363. The van der Waals surface area contributed by atoms with Gasteiger partial charge in [-0.05, 0) is 50.1 Å². The summed E-state index contributed by atoms with van der Waals surface area (Å²) in [5.41, 5.74) is 1.94. The fourth-order valence-electron chi connectivity index (χ4n) is 4.53. The van der Waals surface area contributed by atoms with E-state index in [1.807, 2.05) is 31.3 Å². The SMILES string of the molecule is COc1cc(-c2ccc(N3CCC(C)(NC(=O)c4c(F)cccc4Cl)CC3)nc2)c2c(Cl)cnn2c1. The monoisotopic (exact) mass is 527 g/mol. The lowest BCUT2D eigenvalue weighted by Gasteiger charge is -2.40. The van der Waals surface area contributed by atoms with Crippen LogP contribution in [0.1, 0.15) is 30.1 Å². The summed E-state index contributed by atoms with van der Waals surface area (Å²) < 4.78 is 21.3. The highest BCUT2D eigenvalue weighted by molar-refractivity contribution is 6.34. The Kier molecular flexibility index (Phi) is 6.49. The van der Waals surface area contributed by atoms with Crippen LogP contribution in [-0.4, -0.2) is 46.2 Å². The van der Waals surface area contributed by atoms with Gasteiger partial charge in [0.25, 0.3) is 5.91 Å². The summed E-state index contributed by atoms with van der Waals surface area (Å²) in [5, 5.41) is 7.92. The molecule has 7 nitrogen and oxygen atoms in total. The first-order chi connectivity index (χ1) is 17.3. The molecule has 0 spiro atoms. The van der Waals surface area contributed by atoms with Gasteiger partial charge in [0, 0.05) is 36.0 Å². The molecule has 0 unspecified atom stereocenters. The van der Waals surface area contributed by atoms with E-state index in [0.717, 1.165) is 22.5 Å². The second-order valence-corrected chi connectivity index (χ2v) is 9.90. The molecule has 4 aromatic rings. The zero-order chi connectivity index (χ0) is 25.4. The lowest BCUT2D eigenvalue weighted by Crippen LogP contribution is -2.53. The number of amides is 1. The van der Waals surface area contributed by atoms with Crippen LogP contribution in [-0.2, 0) is 0 Å². The predicted molar refractivity (Wildman–Crippen MR) is 139 cm³/mol. The number of benzene rings is 1. The van der Waals surface area contributed by atoms with Crippen molar-refractivity contribution in [2.45, 2.75) is 25.3 Å². The number of halogens is 3. The predicted octanol–water partition coefficient (Wildman–Crippen LogP) is 5.64. The van der Waals surface area contributed by atoms with Crippen LogP contribution < -0.4 is 15.0 Å². The highest BCUT2D eigenvalue weighted by Gasteiger charge is 2.33. The molecule has 10 heteroatoms. The van der Waals surface area contributed by atoms with Crippen molar-refractivity contribution >= 4 is 40.4 Å². The third-order valence-corrected chi connectivity index (χ3v) is 7.22. The number of ether oxygens (including phenoxy) is 1. The summed E-state index contributed by atoms with van der Waals surface area (Å²) in [5.74, 6) is 0.369. The number of nitrogens with one attached hydrogen (secondary N) is 1. The van der Waals surface area contributed by atoms with Gasteiger partial charge in [0.05, 0.1) is 40.6 Å². The third kappa shape index (κ3) is 4.58. The first-order valence-electron chi connectivity index (χ1n) is 11.5. The van der Waals surface area contributed by atoms with E-state index in [1.165, 1.54) is 18.2 Å². The highest BCUT2D eigenvalue weighted by atomic mass is 35.5. The summed E-state index contributed by atoms with van der Waals surface area (Å²) in [6, 6.07) is 10.1. The standard InChI is InChI=1S/C26H24Cl2FN5O2/c1-26(32-25(35)23-19(27)4-3-5-21(23)29)8-10-33(11-9-26)22-7-6-16(13-30-22)18-12-17(36-2)15-34-24(18)20(28)14-31-34/h3-7,12-15H,8-11H2,1-2H3,(H,32,35). The Bertz CT molecular complexity index is 1410. The van der Waals surface area contributed by atoms with Crippen LogP contribution in [0.2, 0.25) is 10.0 Å². The highest BCUT2D eigenvalue weighted by Crippen LogP contribution is 2.34. The molecule has 1 aliphatic heterocycles. The topological polar surface area (TPSA) is 71.8 Å². The van der Waals surface area contributed by atoms with Gasteiger partial charge in [0.2, 0.25) is 0 Å². The molecule has 1 amide bonds. The summed E-state index contributed by atoms with van der Waals surface area (Å²) in [6.45, 7) is 3.34. The van der Waals surface area contributed by atoms with Crippen molar-refractivity contribution in [2.24, 2.45) is 0 Å². The number of fused-ring (bicyclic) bond motifs is 1. The maximum Gasteiger partial charge on any atom is 0.256 e. The molecule has 186 valence electrons. The molecule has 36 heavy (non-hydrogen) atoms. The van der Waals surface area contributed by atoms with Crippen LogP contribution in [0.4, 0.5) is 10.2 Å². The minimum Gasteiger partial charge on any atom is -0.495 e. The molecule has 3 aromatic heterocycles. The smallest absolute Gasteiger partial charge is 0.256 e. The number of aromatic nitrogens is 3. The zero-order valence-corrected chi connectivity index (χ0v) is 21.3. The van der Waals surface area contributed by atoms with Crippen molar-refractivity contribution in [2.75, 3.05) is 25.1 Å². The number of anilines is 1. The summed E-state index contributed by atoms with van der Waals surface area (Å²) in [6.07, 6.45) is 6.54. The average molecular weight is 528 g/mol. The minimum absolute atomic E-state index is 0.100. The maximum atomic E-state index is 14.2. The summed E-state index contributed by atoms with van der Waals surface area (Å²) in [7, 11) is 1.61. The lowest BCUT2D eigenvalue weighted by molar-refractivity contribution is 0.0887. The van der Waals surface area contributed by atoms with Crippen molar-refractivity contribution in [3.63, 3.8) is 0 Å². The Morgan fingerprint density at radius 2 is 1.92 bits per heavy atom. The van der Waals surface area contributed by atoms with Crippen LogP contribution >= 0.6 is 23.2 Å². The molecule has 0 saturated carbocycles. The van der Waals surface area contributed by atoms with E-state index in [2.05, 4.69) is 15.3 Å². The summed E-state index contributed by atoms with van der Waals surface area (Å²) >= 11 is 12.4. The van der Waals surface area contributed by atoms with E-state index in [4.69, 9.17) is 32.9 Å². The minimum atomic E-state index is -0.629. The molecule has 1 N–H and O–H groups in total. The van der Waals surface area contributed by atoms with E-state index in [-0.39, 0.29) is 10.6 Å². The number of carbonyl (C=O) groups excluding carboxylic acids is 1. The fraction of sp³-hybridized carbons (Fsp3) is 0.269. The largest absolute Gasteiger partial charge is 0.495 e. The molecule has 1 aromatic carbocycles. The molecule has 0 bridgehead atoms. The number of piperidine rings is 1. The number of pyridine rings is 2. The zero-order valence-electron chi connectivity index (χ0n) is 19.8. The molecule has 0 aliphatic carbocycles. The average Bonchev–Trinajstić information content (AvgIpc) is 3.24. The number of hydrogen-bond donors (Lipinski definition) is 1. The van der Waals surface area contributed by atoms with Gasteiger partial charge in [-0.1, -0.05) is 29.3 Å². The van der Waals surface area contributed by atoms with Crippen LogP contribution in [0.3, 0.4) is 0 Å². The molecule has 5 rings (SSSR count). The Morgan fingerprint density at radius 1 is 1.14 bits per heavy atom. The van der Waals surface area contributed by atoms with Crippen LogP contribution in [0.15, 0.2) is 55.0 Å². The number of nitrogens with zero attached hydrogens (tertiary/aromatic N) is 4. The molecular weight excluding hydrogens is 504 g/mol. The second-order valence-electron chi connectivity index (χ2n) is 9.08. The Hall–Kier alpha value is -3.36. The van der Waals surface area contributed by atoms with E-state index >= 15 is 0 Å². The van der Waals surface area contributed by atoms with Crippen molar-refractivity contribution in [1.82, 2.24) is 19.9 Å². The number of hydrogen-bond acceptors (Lipinski definition) is 5. The first kappa shape index (κ1) is 24.3. The third-order valence-electron chi connectivity index (χ3n) is 6.63. The van der Waals surface area contributed by atoms with Gasteiger partial charge in [-0.2, -0.15) is 5.10 Å². The molecule has 0 radical (unpaired) electrons. The fourth-order valence-corrected chi connectivity index (χ4v) is 5.01. The molecule has 1 aliphatic rings. The van der Waals surface area contributed by atoms with E-state index in [9.17, 15) is 9.18 Å². The van der Waals surface area contributed by atoms with Gasteiger partial charge in [0.15, 0.2) is 0 Å². The van der Waals surface area contributed by atoms with Gasteiger partial charge in [0.1, 0.15) is 17.4 Å². The second kappa shape index (κ2) is 9.59. The summed E-state index contributed by atoms with van der Waals surface area (Å²) in [4.78, 5) is 19.6. The molecule has 4 heterocycles. The van der Waals surface area contributed by atoms with Gasteiger partial charge < -0.3 is 15.0 Å². The Labute approximate surface area is 217 Å². The molecule has 0 atom stereocenters. The Balaban J connectivity index is 1.30. The van der Waals surface area contributed by atoms with Crippen molar-refractivity contribution in [3.05, 3.63) is 76.4 Å². The van der Waals surface area contributed by atoms with Gasteiger partial charge in [-0.25, -0.2) is 13.9 Å². The van der Waals surface area contributed by atoms with Crippen molar-refractivity contribution in [1.29, 1.82) is 0 Å².